The van der Waals surface area contributed by atoms with Gasteiger partial charge >= 0.3 is 11.3 Å². The molecule has 12 N–H and O–H groups in total. The fraction of sp³-hybridized carbons (Fsp3) is 0.444. The molecule has 0 bridgehead atoms. The van der Waals surface area contributed by atoms with Gasteiger partial charge in [0.05, 0.1) is 24.8 Å². The molecule has 0 radical (unpaired) electrons. The van der Waals surface area contributed by atoms with E-state index in [1.807, 2.05) is 0 Å². The van der Waals surface area contributed by atoms with Gasteiger partial charge in [0.2, 0.25) is 18.3 Å². The number of aliphatic hydroxyl groups excluding tert-OH is 8. The number of hydrogen-bond acceptors (Lipinski definition) is 16. The Kier molecular flexibility index (Phi) is 8.87. The Morgan fingerprint density at radius 2 is 1.14 bits per heavy atom. The summed E-state index contributed by atoms with van der Waals surface area (Å²) in [6.45, 7) is -1.46. The summed E-state index contributed by atoms with van der Waals surface area (Å²) in [7, 11) is 0. The van der Waals surface area contributed by atoms with Crippen molar-refractivity contribution in [3.8, 4) is 45.8 Å². The van der Waals surface area contributed by atoms with Gasteiger partial charge in [0.1, 0.15) is 65.7 Å². The van der Waals surface area contributed by atoms with Crippen molar-refractivity contribution in [2.45, 2.75) is 61.4 Å². The third kappa shape index (κ3) is 5.73. The van der Waals surface area contributed by atoms with Gasteiger partial charge in [-0.3, -0.25) is 0 Å². The number of hydrogen-bond donors (Lipinski definition) is 12. The number of benzene rings is 2. The highest BCUT2D eigenvalue weighted by atomic mass is 16.7. The standard InChI is InChI=1S/C27H30O17/c28-6-16-19(34)21(36)23(38)26(43-16)40-9-3-11(30)10-5-15(42-27-24(39)22(37)20(35)17(7-29)44-27)25(41-14(10)4-9)8-1-12(31)18(33)13(32)2-8/h1-5,16-17,19-24,26-29,34-39H,6-7H2,(H3-,30,31,32,33)/p+1/t16-,17+,19+,20+,21-,22+,23+,24+,26+,27+/m0/s1. The zero-order valence-electron chi connectivity index (χ0n) is 22.5. The van der Waals surface area contributed by atoms with Crippen LogP contribution in [0.5, 0.6) is 34.5 Å². The summed E-state index contributed by atoms with van der Waals surface area (Å²) in [6, 6.07) is 5.41. The first kappa shape index (κ1) is 31.7. The molecule has 0 saturated carbocycles. The van der Waals surface area contributed by atoms with E-state index in [0.29, 0.717) is 0 Å². The number of rotatable bonds is 7. The highest BCUT2D eigenvalue weighted by Gasteiger charge is 2.47. The topological polar surface area (TPSA) is 291 Å². The molecule has 2 aromatic carbocycles. The second kappa shape index (κ2) is 12.3. The third-order valence-electron chi connectivity index (χ3n) is 7.33. The van der Waals surface area contributed by atoms with Crippen LogP contribution in [-0.2, 0) is 9.47 Å². The number of aromatic hydroxyl groups is 4. The summed E-state index contributed by atoms with van der Waals surface area (Å²) in [4.78, 5) is 0. The van der Waals surface area contributed by atoms with Crippen LogP contribution < -0.4 is 9.47 Å². The number of ether oxygens (including phenoxy) is 4. The largest absolute Gasteiger partial charge is 0.507 e. The molecule has 17 nitrogen and oxygen atoms in total. The molecule has 1 aromatic heterocycles. The van der Waals surface area contributed by atoms with Gasteiger partial charge < -0.3 is 80.2 Å². The van der Waals surface area contributed by atoms with E-state index >= 15 is 0 Å². The minimum Gasteiger partial charge on any atom is -0.507 e. The quantitative estimate of drug-likeness (QED) is 0.0956. The van der Waals surface area contributed by atoms with E-state index in [9.17, 15) is 61.3 Å². The van der Waals surface area contributed by atoms with E-state index in [1.165, 1.54) is 12.1 Å². The molecule has 2 aliphatic heterocycles. The van der Waals surface area contributed by atoms with Crippen LogP contribution in [0.1, 0.15) is 0 Å². The van der Waals surface area contributed by atoms with Crippen LogP contribution in [0.3, 0.4) is 0 Å². The van der Waals surface area contributed by atoms with Crippen LogP contribution in [0.4, 0.5) is 0 Å². The SMILES string of the molecule is OC[C@@H]1O[C@@H](Oc2cc(O)c3cc(O[C@@H]4O[C@H](CO)[C@@H](O)[C@@H](O)[C@H]4O)c(-c4cc(O)c(O)c(O)c4)[o+]c3c2)[C@H](O)[C@@H](O)[C@@H]1O. The highest BCUT2D eigenvalue weighted by molar-refractivity contribution is 5.88. The van der Waals surface area contributed by atoms with Crippen molar-refractivity contribution in [2.75, 3.05) is 13.2 Å². The molecule has 3 aromatic rings. The average molecular weight is 628 g/mol. The smallest absolute Gasteiger partial charge is 0.402 e. The van der Waals surface area contributed by atoms with E-state index in [2.05, 4.69) is 0 Å². The van der Waals surface area contributed by atoms with Crippen molar-refractivity contribution in [1.82, 2.24) is 0 Å². The number of aliphatic hydroxyl groups is 8. The fourth-order valence-corrected chi connectivity index (χ4v) is 4.85. The predicted octanol–water partition coefficient (Wildman–Crippen LogP) is -2.44. The number of fused-ring (bicyclic) bond motifs is 1. The first-order valence-corrected chi connectivity index (χ1v) is 13.2. The third-order valence-corrected chi connectivity index (χ3v) is 7.33. The first-order valence-electron chi connectivity index (χ1n) is 13.2. The molecule has 0 aliphatic carbocycles. The van der Waals surface area contributed by atoms with E-state index < -0.39 is 97.6 Å². The molecule has 10 atom stereocenters. The monoisotopic (exact) mass is 627 g/mol. The van der Waals surface area contributed by atoms with Crippen molar-refractivity contribution in [2.24, 2.45) is 0 Å². The van der Waals surface area contributed by atoms with Gasteiger partial charge in [-0.15, -0.1) is 0 Å². The lowest BCUT2D eigenvalue weighted by Crippen LogP contribution is -2.60. The molecule has 240 valence electrons. The van der Waals surface area contributed by atoms with Crippen LogP contribution in [0.15, 0.2) is 34.7 Å². The summed E-state index contributed by atoms with van der Waals surface area (Å²) in [6.07, 6.45) is -16.4. The molecular weight excluding hydrogens is 596 g/mol. The Labute approximate surface area is 246 Å². The summed E-state index contributed by atoms with van der Waals surface area (Å²) >= 11 is 0. The van der Waals surface area contributed by atoms with Crippen molar-refractivity contribution >= 4 is 11.0 Å². The number of phenols is 4. The van der Waals surface area contributed by atoms with Crippen LogP contribution in [0.2, 0.25) is 0 Å². The molecule has 17 heteroatoms. The van der Waals surface area contributed by atoms with E-state index in [1.54, 1.807) is 0 Å². The average Bonchev–Trinajstić information content (AvgIpc) is 3.00. The Hall–Kier alpha value is -3.75. The van der Waals surface area contributed by atoms with Crippen molar-refractivity contribution < 1.29 is 84.6 Å². The van der Waals surface area contributed by atoms with Crippen LogP contribution in [-0.4, -0.2) is 136 Å². The van der Waals surface area contributed by atoms with Crippen LogP contribution >= 0.6 is 0 Å². The van der Waals surface area contributed by atoms with Crippen molar-refractivity contribution in [3.05, 3.63) is 30.3 Å². The maximum absolute atomic E-state index is 10.8. The molecule has 3 heterocycles. The Morgan fingerprint density at radius 3 is 1.66 bits per heavy atom. The first-order chi connectivity index (χ1) is 20.8. The van der Waals surface area contributed by atoms with Crippen LogP contribution in [0.25, 0.3) is 22.3 Å². The van der Waals surface area contributed by atoms with Crippen LogP contribution in [0, 0.1) is 0 Å². The number of phenolic OH excluding ortho intramolecular Hbond substituents is 4. The lowest BCUT2D eigenvalue weighted by Gasteiger charge is -2.39. The Morgan fingerprint density at radius 1 is 0.614 bits per heavy atom. The summed E-state index contributed by atoms with van der Waals surface area (Å²) < 4.78 is 28.0. The van der Waals surface area contributed by atoms with E-state index in [-0.39, 0.29) is 33.8 Å². The maximum Gasteiger partial charge on any atom is 0.402 e. The normalized spacial score (nSPS) is 32.5. The molecule has 0 spiro atoms. The molecule has 5 rings (SSSR count). The molecule has 2 aliphatic rings. The Bertz CT molecular complexity index is 1470. The maximum atomic E-state index is 10.8. The van der Waals surface area contributed by atoms with Gasteiger partial charge in [-0.2, -0.15) is 0 Å². The van der Waals surface area contributed by atoms with Gasteiger partial charge in [-0.05, 0) is 0 Å². The van der Waals surface area contributed by atoms with Gasteiger partial charge in [-0.1, -0.05) is 0 Å². The summed E-state index contributed by atoms with van der Waals surface area (Å²) in [5, 5.41) is 121. The zero-order chi connectivity index (χ0) is 32.0. The van der Waals surface area contributed by atoms with Gasteiger partial charge in [0, 0.05) is 24.3 Å². The zero-order valence-corrected chi connectivity index (χ0v) is 22.5. The molecule has 2 saturated heterocycles. The minimum absolute atomic E-state index is 0.0540. The van der Waals surface area contributed by atoms with Crippen molar-refractivity contribution in [3.63, 3.8) is 0 Å². The molecular formula is C27H31O17+. The van der Waals surface area contributed by atoms with E-state index in [4.69, 9.17) is 23.4 Å². The minimum atomic E-state index is -1.85. The van der Waals surface area contributed by atoms with Gasteiger partial charge in [0.25, 0.3) is 0 Å². The van der Waals surface area contributed by atoms with Gasteiger partial charge in [0.15, 0.2) is 17.2 Å². The van der Waals surface area contributed by atoms with E-state index in [0.717, 1.165) is 18.2 Å². The molecule has 2 fully saturated rings. The molecule has 0 amide bonds. The lowest BCUT2D eigenvalue weighted by atomic mass is 9.99. The molecule has 44 heavy (non-hydrogen) atoms. The second-order valence-corrected chi connectivity index (χ2v) is 10.3. The summed E-state index contributed by atoms with van der Waals surface area (Å²) in [5.41, 5.74) is -0.258. The summed E-state index contributed by atoms with van der Waals surface area (Å²) in [5.74, 6) is -3.69. The van der Waals surface area contributed by atoms with Crippen molar-refractivity contribution in [1.29, 1.82) is 0 Å². The Balaban J connectivity index is 1.57. The second-order valence-electron chi connectivity index (χ2n) is 10.3. The lowest BCUT2D eigenvalue weighted by molar-refractivity contribution is -0.277. The van der Waals surface area contributed by atoms with Gasteiger partial charge in [-0.25, -0.2) is 4.42 Å². The molecule has 0 unspecified atom stereocenters. The highest BCUT2D eigenvalue weighted by Crippen LogP contribution is 2.45. The predicted molar refractivity (Wildman–Crippen MR) is 142 cm³/mol. The fourth-order valence-electron chi connectivity index (χ4n) is 4.85.